The van der Waals surface area contributed by atoms with E-state index in [1.54, 1.807) is 7.11 Å². The minimum atomic E-state index is -0.831. The van der Waals surface area contributed by atoms with E-state index in [4.69, 9.17) is 4.74 Å². The Morgan fingerprint density at radius 1 is 1.43 bits per heavy atom. The molecule has 0 bridgehead atoms. The number of aryl methyl sites for hydroxylation is 1. The first-order valence-corrected chi connectivity index (χ1v) is 7.89. The molecule has 0 radical (unpaired) electrons. The van der Waals surface area contributed by atoms with E-state index >= 15 is 0 Å². The minimum absolute atomic E-state index is 0.277. The topological polar surface area (TPSA) is 66.8 Å². The first-order chi connectivity index (χ1) is 9.85. The van der Waals surface area contributed by atoms with Gasteiger partial charge in [-0.15, -0.1) is 0 Å². The van der Waals surface area contributed by atoms with E-state index in [1.807, 2.05) is 26.0 Å². The van der Waals surface area contributed by atoms with Crippen molar-refractivity contribution in [3.05, 3.63) is 27.7 Å². The molecule has 4 unspecified atom stereocenters. The molecule has 0 aromatic heterocycles. The summed E-state index contributed by atoms with van der Waals surface area (Å²) in [6.07, 6.45) is 0.502. The molecule has 1 saturated carbocycles. The third-order valence-electron chi connectivity index (χ3n) is 4.40. The number of aliphatic carboxylic acids is 1. The number of hydrogen-bond donors (Lipinski definition) is 2. The fourth-order valence-corrected chi connectivity index (χ4v) is 3.64. The maximum Gasteiger partial charge on any atom is 0.306 e. The van der Waals surface area contributed by atoms with Crippen LogP contribution in [0.1, 0.15) is 37.0 Å². The first-order valence-electron chi connectivity index (χ1n) is 7.10. The van der Waals surface area contributed by atoms with Crippen molar-refractivity contribution in [2.75, 3.05) is 7.11 Å². The molecular weight excluding hydrogens is 336 g/mol. The van der Waals surface area contributed by atoms with Gasteiger partial charge in [-0.1, -0.05) is 22.9 Å². The predicted octanol–water partition coefficient (Wildman–Crippen LogP) is 3.55. The molecule has 2 N–H and O–H groups in total. The van der Waals surface area contributed by atoms with Gasteiger partial charge in [-0.2, -0.15) is 0 Å². The lowest BCUT2D eigenvalue weighted by Crippen LogP contribution is -2.24. The van der Waals surface area contributed by atoms with Crippen LogP contribution in [0.15, 0.2) is 16.6 Å². The van der Waals surface area contributed by atoms with E-state index in [1.165, 1.54) is 0 Å². The van der Waals surface area contributed by atoms with Crippen LogP contribution in [-0.4, -0.2) is 23.3 Å². The molecule has 4 nitrogen and oxygen atoms in total. The predicted molar refractivity (Wildman–Crippen MR) is 83.4 cm³/mol. The van der Waals surface area contributed by atoms with Gasteiger partial charge in [-0.25, -0.2) is 0 Å². The summed E-state index contributed by atoms with van der Waals surface area (Å²) in [5.41, 5.74) is 1.66. The van der Waals surface area contributed by atoms with E-state index in [9.17, 15) is 15.0 Å². The molecule has 0 saturated heterocycles. The number of aliphatic hydroxyl groups is 1. The van der Waals surface area contributed by atoms with Gasteiger partial charge in [0.15, 0.2) is 0 Å². The monoisotopic (exact) mass is 356 g/mol. The summed E-state index contributed by atoms with van der Waals surface area (Å²) in [5.74, 6) is -0.688. The summed E-state index contributed by atoms with van der Waals surface area (Å²) in [6.45, 7) is 3.98. The zero-order valence-electron chi connectivity index (χ0n) is 12.5. The van der Waals surface area contributed by atoms with Gasteiger partial charge in [0.1, 0.15) is 5.75 Å². The number of carboxylic acids is 1. The summed E-state index contributed by atoms with van der Waals surface area (Å²) in [5, 5.41) is 20.1. The second-order valence-electron chi connectivity index (χ2n) is 5.97. The Kier molecular flexibility index (Phi) is 4.94. The fourth-order valence-electron chi connectivity index (χ4n) is 3.28. The number of ether oxygens (including phenoxy) is 1. The Morgan fingerprint density at radius 2 is 2.10 bits per heavy atom. The number of carbonyl (C=O) groups is 1. The maximum absolute atomic E-state index is 11.4. The highest BCUT2D eigenvalue weighted by Gasteiger charge is 2.42. The molecule has 1 fully saturated rings. The van der Waals surface area contributed by atoms with E-state index < -0.39 is 18.0 Å². The number of aliphatic hydroxyl groups excluding tert-OH is 1. The summed E-state index contributed by atoms with van der Waals surface area (Å²) in [4.78, 5) is 11.4. The molecular formula is C16H21BrO4. The van der Waals surface area contributed by atoms with Crippen molar-refractivity contribution >= 4 is 21.9 Å². The molecule has 2 rings (SSSR count). The molecule has 5 heteroatoms. The average Bonchev–Trinajstić information content (AvgIpc) is 2.82. The first kappa shape index (κ1) is 16.3. The average molecular weight is 357 g/mol. The number of carboxylic acid groups (broad SMARTS) is 1. The van der Waals surface area contributed by atoms with E-state index in [2.05, 4.69) is 15.9 Å². The van der Waals surface area contributed by atoms with E-state index in [0.717, 1.165) is 10.0 Å². The Labute approximate surface area is 133 Å². The number of rotatable bonds is 4. The lowest BCUT2D eigenvalue weighted by atomic mass is 9.86. The number of methoxy groups -OCH3 is 1. The smallest absolute Gasteiger partial charge is 0.306 e. The van der Waals surface area contributed by atoms with Crippen LogP contribution in [0.5, 0.6) is 5.75 Å². The summed E-state index contributed by atoms with van der Waals surface area (Å²) < 4.78 is 6.24. The molecule has 0 spiro atoms. The molecule has 1 aromatic carbocycles. The lowest BCUT2D eigenvalue weighted by molar-refractivity contribution is -0.144. The third-order valence-corrected chi connectivity index (χ3v) is 5.25. The Bertz CT molecular complexity index is 543. The van der Waals surface area contributed by atoms with Gasteiger partial charge < -0.3 is 14.9 Å². The minimum Gasteiger partial charge on any atom is -0.496 e. The van der Waals surface area contributed by atoms with Gasteiger partial charge in [0.05, 0.1) is 19.1 Å². The summed E-state index contributed by atoms with van der Waals surface area (Å²) in [6, 6.07) is 3.69. The Hall–Kier alpha value is -1.07. The molecule has 1 aliphatic rings. The van der Waals surface area contributed by atoms with E-state index in [-0.39, 0.29) is 5.92 Å². The van der Waals surface area contributed by atoms with Gasteiger partial charge in [-0.3, -0.25) is 4.79 Å². The van der Waals surface area contributed by atoms with Crippen molar-refractivity contribution in [1.29, 1.82) is 0 Å². The van der Waals surface area contributed by atoms with Crippen LogP contribution in [-0.2, 0) is 4.79 Å². The van der Waals surface area contributed by atoms with Crippen molar-refractivity contribution < 1.29 is 19.7 Å². The Morgan fingerprint density at radius 3 is 2.67 bits per heavy atom. The van der Waals surface area contributed by atoms with Gasteiger partial charge in [0.2, 0.25) is 0 Å². The van der Waals surface area contributed by atoms with Crippen LogP contribution < -0.4 is 4.74 Å². The van der Waals surface area contributed by atoms with Crippen LogP contribution in [0.3, 0.4) is 0 Å². The third kappa shape index (κ3) is 3.24. The number of halogens is 1. The van der Waals surface area contributed by atoms with Crippen molar-refractivity contribution in [3.63, 3.8) is 0 Å². The van der Waals surface area contributed by atoms with Crippen LogP contribution in [0.2, 0.25) is 0 Å². The van der Waals surface area contributed by atoms with Gasteiger partial charge >= 0.3 is 5.97 Å². The van der Waals surface area contributed by atoms with Crippen molar-refractivity contribution in [1.82, 2.24) is 0 Å². The van der Waals surface area contributed by atoms with E-state index in [0.29, 0.717) is 30.1 Å². The van der Waals surface area contributed by atoms with Crippen molar-refractivity contribution in [3.8, 4) is 5.75 Å². The normalized spacial score (nSPS) is 26.6. The zero-order valence-corrected chi connectivity index (χ0v) is 14.1. The number of hydrogen-bond acceptors (Lipinski definition) is 3. The number of benzene rings is 1. The van der Waals surface area contributed by atoms with Crippen LogP contribution in [0.4, 0.5) is 0 Å². The molecule has 4 atom stereocenters. The van der Waals surface area contributed by atoms with Crippen molar-refractivity contribution in [2.45, 2.75) is 32.8 Å². The highest BCUT2D eigenvalue weighted by Crippen LogP contribution is 2.46. The van der Waals surface area contributed by atoms with Crippen LogP contribution >= 0.6 is 15.9 Å². The molecule has 0 amide bonds. The summed E-state index contributed by atoms with van der Waals surface area (Å²) in [7, 11) is 1.56. The van der Waals surface area contributed by atoms with Crippen LogP contribution in [0, 0.1) is 24.7 Å². The second-order valence-corrected chi connectivity index (χ2v) is 6.83. The second kappa shape index (κ2) is 6.36. The lowest BCUT2D eigenvalue weighted by Gasteiger charge is -2.24. The molecule has 1 aromatic rings. The van der Waals surface area contributed by atoms with Crippen LogP contribution in [0.25, 0.3) is 0 Å². The van der Waals surface area contributed by atoms with Gasteiger partial charge in [0, 0.05) is 16.0 Å². The quantitative estimate of drug-likeness (QED) is 0.865. The maximum atomic E-state index is 11.4. The van der Waals surface area contributed by atoms with Crippen molar-refractivity contribution in [2.24, 2.45) is 17.8 Å². The highest BCUT2D eigenvalue weighted by atomic mass is 79.9. The zero-order chi connectivity index (χ0) is 15.7. The SMILES string of the molecule is COc1cc(C)c(Br)cc1C(O)C1CC(C)CC1C(=O)O. The largest absolute Gasteiger partial charge is 0.496 e. The molecule has 0 heterocycles. The fraction of sp³-hybridized carbons (Fsp3) is 0.562. The summed E-state index contributed by atoms with van der Waals surface area (Å²) >= 11 is 3.46. The standard InChI is InChI=1S/C16H21BrO4/c1-8-4-10(11(5-8)16(19)20)15(18)12-7-13(17)9(2)6-14(12)21-3/h6-8,10-11,15,18H,4-5H2,1-3H3,(H,19,20). The van der Waals surface area contributed by atoms with Gasteiger partial charge in [0.25, 0.3) is 0 Å². The molecule has 0 aliphatic heterocycles. The molecule has 1 aliphatic carbocycles. The van der Waals surface area contributed by atoms with Gasteiger partial charge in [-0.05, 0) is 43.4 Å². The highest BCUT2D eigenvalue weighted by molar-refractivity contribution is 9.10. The Balaban J connectivity index is 2.37. The molecule has 116 valence electrons. The molecule has 21 heavy (non-hydrogen) atoms.